The van der Waals surface area contributed by atoms with Crippen molar-refractivity contribution in [2.75, 3.05) is 6.61 Å². The van der Waals surface area contributed by atoms with Crippen LogP contribution in [0.4, 0.5) is 0 Å². The Balaban J connectivity index is 2.01. The summed E-state index contributed by atoms with van der Waals surface area (Å²) in [4.78, 5) is 19.5. The largest absolute Gasteiger partial charge is 0.462 e. The second kappa shape index (κ2) is 6.09. The molecule has 0 bridgehead atoms. The normalized spacial score (nSPS) is 10.8. The number of carbonyl (C=O) groups is 1. The SMILES string of the molecule is CCOC(=O)c1sc(-c2ccsc2-c2cccs2)nc1C. The molecule has 0 aromatic carbocycles. The summed E-state index contributed by atoms with van der Waals surface area (Å²) in [5, 5.41) is 5.00. The van der Waals surface area contributed by atoms with E-state index in [0.29, 0.717) is 11.5 Å². The summed E-state index contributed by atoms with van der Waals surface area (Å²) >= 11 is 4.81. The Hall–Kier alpha value is -1.50. The maximum Gasteiger partial charge on any atom is 0.350 e. The van der Waals surface area contributed by atoms with E-state index in [-0.39, 0.29) is 5.97 Å². The average molecular weight is 335 g/mol. The molecule has 21 heavy (non-hydrogen) atoms. The fourth-order valence-corrected chi connectivity index (χ4v) is 4.81. The van der Waals surface area contributed by atoms with Crippen LogP contribution in [-0.2, 0) is 4.74 Å². The van der Waals surface area contributed by atoms with Gasteiger partial charge in [0.25, 0.3) is 0 Å². The predicted octanol–water partition coefficient (Wildman–Crippen LogP) is 5.09. The van der Waals surface area contributed by atoms with E-state index in [0.717, 1.165) is 16.3 Å². The van der Waals surface area contributed by atoms with E-state index in [1.54, 1.807) is 22.7 Å². The van der Waals surface area contributed by atoms with Crippen LogP contribution in [0, 0.1) is 6.92 Å². The first kappa shape index (κ1) is 14.4. The van der Waals surface area contributed by atoms with Crippen molar-refractivity contribution in [1.82, 2.24) is 4.98 Å². The summed E-state index contributed by atoms with van der Waals surface area (Å²) < 4.78 is 5.08. The quantitative estimate of drug-likeness (QED) is 0.624. The van der Waals surface area contributed by atoms with Crippen molar-refractivity contribution < 1.29 is 9.53 Å². The number of carbonyl (C=O) groups excluding carboxylic acids is 1. The van der Waals surface area contributed by atoms with Crippen LogP contribution in [0.5, 0.6) is 0 Å². The van der Waals surface area contributed by atoms with Gasteiger partial charge in [-0.05, 0) is 36.7 Å². The third kappa shape index (κ3) is 2.79. The third-order valence-electron chi connectivity index (χ3n) is 2.90. The van der Waals surface area contributed by atoms with Crippen molar-refractivity contribution >= 4 is 40.0 Å². The van der Waals surface area contributed by atoms with Crippen LogP contribution >= 0.6 is 34.0 Å². The van der Waals surface area contributed by atoms with Gasteiger partial charge in [-0.25, -0.2) is 9.78 Å². The van der Waals surface area contributed by atoms with E-state index in [1.165, 1.54) is 21.1 Å². The van der Waals surface area contributed by atoms with Crippen LogP contribution in [0.2, 0.25) is 0 Å². The monoisotopic (exact) mass is 335 g/mol. The van der Waals surface area contributed by atoms with Crippen molar-refractivity contribution in [2.24, 2.45) is 0 Å². The maximum absolute atomic E-state index is 11.9. The number of hydrogen-bond donors (Lipinski definition) is 0. The molecule has 0 spiro atoms. The predicted molar refractivity (Wildman–Crippen MR) is 89.4 cm³/mol. The summed E-state index contributed by atoms with van der Waals surface area (Å²) in [5.41, 5.74) is 1.82. The third-order valence-corrected chi connectivity index (χ3v) is 6.03. The van der Waals surface area contributed by atoms with Gasteiger partial charge in [-0.2, -0.15) is 0 Å². The molecule has 0 N–H and O–H groups in total. The number of aromatic nitrogens is 1. The molecule has 3 aromatic heterocycles. The van der Waals surface area contributed by atoms with Gasteiger partial charge in [-0.15, -0.1) is 34.0 Å². The zero-order valence-electron chi connectivity index (χ0n) is 11.6. The molecular formula is C15H13NO2S3. The summed E-state index contributed by atoms with van der Waals surface area (Å²) in [5.74, 6) is -0.286. The number of esters is 1. The Morgan fingerprint density at radius 3 is 2.86 bits per heavy atom. The molecule has 3 aromatic rings. The Kier molecular flexibility index (Phi) is 4.19. The molecule has 6 heteroatoms. The second-order valence-electron chi connectivity index (χ2n) is 4.29. The van der Waals surface area contributed by atoms with Crippen molar-refractivity contribution in [3.63, 3.8) is 0 Å². The van der Waals surface area contributed by atoms with Crippen LogP contribution in [0.1, 0.15) is 22.3 Å². The Morgan fingerprint density at radius 2 is 2.14 bits per heavy atom. The number of nitrogens with zero attached hydrogens (tertiary/aromatic N) is 1. The molecule has 0 aliphatic heterocycles. The highest BCUT2D eigenvalue weighted by Gasteiger charge is 2.19. The van der Waals surface area contributed by atoms with Crippen molar-refractivity contribution in [2.45, 2.75) is 13.8 Å². The van der Waals surface area contributed by atoms with Gasteiger partial charge >= 0.3 is 5.97 Å². The molecule has 0 fully saturated rings. The molecule has 0 radical (unpaired) electrons. The first-order valence-corrected chi connectivity index (χ1v) is 9.04. The second-order valence-corrected chi connectivity index (χ2v) is 7.16. The lowest BCUT2D eigenvalue weighted by Crippen LogP contribution is -2.03. The van der Waals surface area contributed by atoms with Crippen LogP contribution in [0.15, 0.2) is 29.0 Å². The number of rotatable bonds is 4. The zero-order chi connectivity index (χ0) is 14.8. The highest BCUT2D eigenvalue weighted by Crippen LogP contribution is 2.41. The van der Waals surface area contributed by atoms with Gasteiger partial charge in [0.1, 0.15) is 9.88 Å². The number of thiophene rings is 2. The van der Waals surface area contributed by atoms with Gasteiger partial charge in [-0.1, -0.05) is 6.07 Å². The molecule has 3 nitrogen and oxygen atoms in total. The van der Waals surface area contributed by atoms with Crippen molar-refractivity contribution in [3.8, 4) is 20.3 Å². The minimum atomic E-state index is -0.286. The highest BCUT2D eigenvalue weighted by atomic mass is 32.1. The lowest BCUT2D eigenvalue weighted by molar-refractivity contribution is 0.0531. The van der Waals surface area contributed by atoms with Gasteiger partial charge in [-0.3, -0.25) is 0 Å². The first-order valence-electron chi connectivity index (χ1n) is 6.47. The minimum absolute atomic E-state index is 0.286. The minimum Gasteiger partial charge on any atom is -0.462 e. The topological polar surface area (TPSA) is 39.2 Å². The number of aryl methyl sites for hydroxylation is 1. The van der Waals surface area contributed by atoms with Crippen molar-refractivity contribution in [1.29, 1.82) is 0 Å². The van der Waals surface area contributed by atoms with Gasteiger partial charge in [0, 0.05) is 10.4 Å². The lowest BCUT2D eigenvalue weighted by atomic mass is 10.2. The van der Waals surface area contributed by atoms with Crippen LogP contribution in [-0.4, -0.2) is 17.6 Å². The van der Waals surface area contributed by atoms with E-state index in [1.807, 2.05) is 19.9 Å². The molecule has 0 aliphatic rings. The molecule has 3 rings (SSSR count). The Morgan fingerprint density at radius 1 is 1.29 bits per heavy atom. The number of ether oxygens (including phenoxy) is 1. The van der Waals surface area contributed by atoms with Crippen LogP contribution in [0.25, 0.3) is 20.3 Å². The lowest BCUT2D eigenvalue weighted by Gasteiger charge is -1.98. The maximum atomic E-state index is 11.9. The van der Waals surface area contributed by atoms with E-state index < -0.39 is 0 Å². The number of hydrogen-bond acceptors (Lipinski definition) is 6. The molecule has 0 amide bonds. The standard InChI is InChI=1S/C15H13NO2S3/c1-3-18-15(17)12-9(2)16-14(21-12)10-6-8-20-13(10)11-5-4-7-19-11/h4-8H,3H2,1-2H3. The first-order chi connectivity index (χ1) is 10.2. The number of thiazole rings is 1. The summed E-state index contributed by atoms with van der Waals surface area (Å²) in [6.45, 7) is 4.04. The van der Waals surface area contributed by atoms with Crippen LogP contribution in [0.3, 0.4) is 0 Å². The van der Waals surface area contributed by atoms with E-state index in [2.05, 4.69) is 27.9 Å². The van der Waals surface area contributed by atoms with Gasteiger partial charge in [0.15, 0.2) is 0 Å². The molecular weight excluding hydrogens is 322 g/mol. The molecule has 0 atom stereocenters. The molecule has 0 aliphatic carbocycles. The molecule has 0 saturated heterocycles. The highest BCUT2D eigenvalue weighted by molar-refractivity contribution is 7.22. The molecule has 0 saturated carbocycles. The Labute approximate surface area is 134 Å². The van der Waals surface area contributed by atoms with E-state index in [4.69, 9.17) is 4.74 Å². The molecule has 108 valence electrons. The van der Waals surface area contributed by atoms with Gasteiger partial charge in [0.2, 0.25) is 0 Å². The Bertz CT molecular complexity index is 756. The van der Waals surface area contributed by atoms with E-state index >= 15 is 0 Å². The fourth-order valence-electron chi connectivity index (χ4n) is 1.97. The van der Waals surface area contributed by atoms with Crippen molar-refractivity contribution in [3.05, 3.63) is 39.5 Å². The van der Waals surface area contributed by atoms with Gasteiger partial charge in [0.05, 0.1) is 17.2 Å². The van der Waals surface area contributed by atoms with Crippen LogP contribution < -0.4 is 0 Å². The molecule has 3 heterocycles. The molecule has 0 unspecified atom stereocenters. The van der Waals surface area contributed by atoms with Gasteiger partial charge < -0.3 is 4.74 Å². The fraction of sp³-hybridized carbons (Fsp3) is 0.200. The van der Waals surface area contributed by atoms with E-state index in [9.17, 15) is 4.79 Å². The average Bonchev–Trinajstić information content (AvgIpc) is 3.18. The smallest absolute Gasteiger partial charge is 0.350 e. The summed E-state index contributed by atoms with van der Waals surface area (Å²) in [6, 6.07) is 6.21. The zero-order valence-corrected chi connectivity index (χ0v) is 14.0. The summed E-state index contributed by atoms with van der Waals surface area (Å²) in [7, 11) is 0. The summed E-state index contributed by atoms with van der Waals surface area (Å²) in [6.07, 6.45) is 0.